The highest BCUT2D eigenvalue weighted by Gasteiger charge is 2.47. The molecular weight excluding hydrogens is 220 g/mol. The molecular formula is C13H12O2S. The van der Waals surface area contributed by atoms with Gasteiger partial charge in [0.05, 0.1) is 6.42 Å². The Morgan fingerprint density at radius 2 is 2.12 bits per heavy atom. The molecule has 0 amide bonds. The summed E-state index contributed by atoms with van der Waals surface area (Å²) in [6.45, 7) is 0. The van der Waals surface area contributed by atoms with Gasteiger partial charge in [-0.2, -0.15) is 0 Å². The second kappa shape index (κ2) is 3.32. The van der Waals surface area contributed by atoms with Crippen LogP contribution in [-0.4, -0.2) is 11.1 Å². The summed E-state index contributed by atoms with van der Waals surface area (Å²) in [5.74, 6) is -0.687. The number of rotatable bonds is 3. The number of hydrogen-bond donors (Lipinski definition) is 1. The zero-order valence-corrected chi connectivity index (χ0v) is 9.59. The fraction of sp³-hybridized carbons (Fsp3) is 0.308. The summed E-state index contributed by atoms with van der Waals surface area (Å²) in [6.07, 6.45) is 2.30. The highest BCUT2D eigenvalue weighted by atomic mass is 32.1. The average molecular weight is 232 g/mol. The smallest absolute Gasteiger partial charge is 0.304 e. The highest BCUT2D eigenvalue weighted by Crippen LogP contribution is 2.54. The summed E-state index contributed by atoms with van der Waals surface area (Å²) in [4.78, 5) is 10.9. The Balaban J connectivity index is 2.09. The molecule has 1 aromatic heterocycles. The van der Waals surface area contributed by atoms with Crippen molar-refractivity contribution in [2.75, 3.05) is 0 Å². The molecule has 2 nitrogen and oxygen atoms in total. The van der Waals surface area contributed by atoms with Gasteiger partial charge in [0.1, 0.15) is 0 Å². The minimum Gasteiger partial charge on any atom is -0.481 e. The number of carboxylic acids is 1. The third-order valence-electron chi connectivity index (χ3n) is 3.40. The van der Waals surface area contributed by atoms with Crippen LogP contribution in [0, 0.1) is 0 Å². The monoisotopic (exact) mass is 232 g/mol. The highest BCUT2D eigenvalue weighted by molar-refractivity contribution is 7.17. The maximum atomic E-state index is 10.9. The van der Waals surface area contributed by atoms with E-state index >= 15 is 0 Å². The van der Waals surface area contributed by atoms with Gasteiger partial charge in [-0.3, -0.25) is 4.79 Å². The lowest BCUT2D eigenvalue weighted by atomic mass is 9.92. The Labute approximate surface area is 97.5 Å². The van der Waals surface area contributed by atoms with E-state index in [1.807, 2.05) is 12.1 Å². The van der Waals surface area contributed by atoms with E-state index in [9.17, 15) is 4.79 Å². The summed E-state index contributed by atoms with van der Waals surface area (Å²) >= 11 is 1.71. The van der Waals surface area contributed by atoms with Gasteiger partial charge in [-0.25, -0.2) is 0 Å². The molecule has 3 rings (SSSR count). The van der Waals surface area contributed by atoms with E-state index in [4.69, 9.17) is 5.11 Å². The van der Waals surface area contributed by atoms with E-state index in [0.717, 1.165) is 12.8 Å². The van der Waals surface area contributed by atoms with Crippen LogP contribution in [0.2, 0.25) is 0 Å². The van der Waals surface area contributed by atoms with Crippen molar-refractivity contribution in [1.82, 2.24) is 0 Å². The topological polar surface area (TPSA) is 37.3 Å². The van der Waals surface area contributed by atoms with Crippen molar-refractivity contribution in [2.45, 2.75) is 24.7 Å². The van der Waals surface area contributed by atoms with E-state index in [0.29, 0.717) is 0 Å². The second-order valence-electron chi connectivity index (χ2n) is 4.50. The number of fused-ring (bicyclic) bond motifs is 1. The summed E-state index contributed by atoms with van der Waals surface area (Å²) in [6, 6.07) is 8.25. The minimum atomic E-state index is -0.687. The fourth-order valence-corrected chi connectivity index (χ4v) is 3.45. The molecule has 1 fully saturated rings. The van der Waals surface area contributed by atoms with Gasteiger partial charge in [-0.1, -0.05) is 18.2 Å². The zero-order chi connectivity index (χ0) is 11.2. The van der Waals surface area contributed by atoms with Gasteiger partial charge in [-0.05, 0) is 35.2 Å². The third kappa shape index (κ3) is 1.43. The minimum absolute atomic E-state index is 0.0641. The van der Waals surface area contributed by atoms with Crippen molar-refractivity contribution in [1.29, 1.82) is 0 Å². The Morgan fingerprint density at radius 1 is 1.38 bits per heavy atom. The molecule has 2 aromatic rings. The largest absolute Gasteiger partial charge is 0.481 e. The van der Waals surface area contributed by atoms with Crippen LogP contribution in [0.5, 0.6) is 0 Å². The Bertz CT molecular complexity index is 552. The lowest BCUT2D eigenvalue weighted by molar-refractivity contribution is -0.137. The van der Waals surface area contributed by atoms with Gasteiger partial charge >= 0.3 is 5.97 Å². The average Bonchev–Trinajstić information content (AvgIpc) is 2.89. The van der Waals surface area contributed by atoms with Gasteiger partial charge < -0.3 is 5.11 Å². The number of aliphatic carboxylic acids is 1. The third-order valence-corrected chi connectivity index (χ3v) is 4.36. The summed E-state index contributed by atoms with van der Waals surface area (Å²) in [5.41, 5.74) is 1.18. The number of carboxylic acid groups (broad SMARTS) is 1. The first-order chi connectivity index (χ1) is 7.71. The van der Waals surface area contributed by atoms with E-state index in [1.54, 1.807) is 11.3 Å². The predicted octanol–water partition coefficient (Wildman–Crippen LogP) is 3.41. The molecule has 0 radical (unpaired) electrons. The van der Waals surface area contributed by atoms with Gasteiger partial charge in [0.2, 0.25) is 0 Å². The predicted molar refractivity (Wildman–Crippen MR) is 65.0 cm³/mol. The van der Waals surface area contributed by atoms with Crippen LogP contribution >= 0.6 is 11.3 Å². The van der Waals surface area contributed by atoms with Crippen molar-refractivity contribution in [3.05, 3.63) is 35.2 Å². The molecule has 1 heterocycles. The zero-order valence-electron chi connectivity index (χ0n) is 8.77. The molecule has 0 unspecified atom stereocenters. The van der Waals surface area contributed by atoms with E-state index in [2.05, 4.69) is 17.5 Å². The lowest BCUT2D eigenvalue weighted by Gasteiger charge is -2.11. The van der Waals surface area contributed by atoms with Gasteiger partial charge in [0.25, 0.3) is 0 Å². The summed E-state index contributed by atoms with van der Waals surface area (Å²) in [5, 5.41) is 12.3. The number of hydrogen-bond acceptors (Lipinski definition) is 2. The van der Waals surface area contributed by atoms with Crippen LogP contribution in [-0.2, 0) is 10.2 Å². The first kappa shape index (κ1) is 9.85. The molecule has 3 heteroatoms. The van der Waals surface area contributed by atoms with Crippen LogP contribution in [0.1, 0.15) is 24.8 Å². The molecule has 0 bridgehead atoms. The molecule has 1 aliphatic carbocycles. The van der Waals surface area contributed by atoms with Crippen LogP contribution < -0.4 is 0 Å². The van der Waals surface area contributed by atoms with Crippen molar-refractivity contribution >= 4 is 27.4 Å². The first-order valence-corrected chi connectivity index (χ1v) is 6.28. The van der Waals surface area contributed by atoms with E-state index < -0.39 is 5.97 Å². The molecule has 1 aromatic carbocycles. The molecule has 0 aliphatic heterocycles. The van der Waals surface area contributed by atoms with Crippen LogP contribution in [0.3, 0.4) is 0 Å². The van der Waals surface area contributed by atoms with Crippen molar-refractivity contribution in [3.8, 4) is 0 Å². The number of carbonyl (C=O) groups is 1. The first-order valence-electron chi connectivity index (χ1n) is 5.40. The molecule has 1 aliphatic rings. The van der Waals surface area contributed by atoms with Crippen LogP contribution in [0.25, 0.3) is 10.1 Å². The van der Waals surface area contributed by atoms with Crippen molar-refractivity contribution < 1.29 is 9.90 Å². The normalized spacial score (nSPS) is 17.5. The quantitative estimate of drug-likeness (QED) is 0.880. The molecule has 0 saturated heterocycles. The maximum Gasteiger partial charge on any atom is 0.304 e. The van der Waals surface area contributed by atoms with Crippen LogP contribution in [0.4, 0.5) is 0 Å². The Kier molecular flexibility index (Phi) is 2.04. The standard InChI is InChI=1S/C13H12O2S/c14-12(15)7-13(5-6-13)10-8-16-11-4-2-1-3-9(10)11/h1-4,8H,5-7H2,(H,14,15). The summed E-state index contributed by atoms with van der Waals surface area (Å²) < 4.78 is 1.26. The Hall–Kier alpha value is -1.35. The molecule has 16 heavy (non-hydrogen) atoms. The van der Waals surface area contributed by atoms with Crippen molar-refractivity contribution in [3.63, 3.8) is 0 Å². The van der Waals surface area contributed by atoms with Gasteiger partial charge in [-0.15, -0.1) is 11.3 Å². The van der Waals surface area contributed by atoms with Crippen molar-refractivity contribution in [2.24, 2.45) is 0 Å². The molecule has 0 atom stereocenters. The van der Waals surface area contributed by atoms with Gasteiger partial charge in [0.15, 0.2) is 0 Å². The molecule has 1 N–H and O–H groups in total. The Morgan fingerprint density at radius 3 is 2.81 bits per heavy atom. The molecule has 1 saturated carbocycles. The fourth-order valence-electron chi connectivity index (χ4n) is 2.37. The summed E-state index contributed by atoms with van der Waals surface area (Å²) in [7, 11) is 0. The van der Waals surface area contributed by atoms with Crippen LogP contribution in [0.15, 0.2) is 29.6 Å². The lowest BCUT2D eigenvalue weighted by Crippen LogP contribution is -2.12. The van der Waals surface area contributed by atoms with E-state index in [1.165, 1.54) is 15.6 Å². The van der Waals surface area contributed by atoms with Gasteiger partial charge in [0, 0.05) is 10.1 Å². The number of benzene rings is 1. The molecule has 82 valence electrons. The SMILES string of the molecule is O=C(O)CC1(c2csc3ccccc23)CC1. The van der Waals surface area contributed by atoms with E-state index in [-0.39, 0.29) is 11.8 Å². The maximum absolute atomic E-state index is 10.9. The number of thiophene rings is 1. The second-order valence-corrected chi connectivity index (χ2v) is 5.41. The molecule has 0 spiro atoms.